The number of hydrogen-bond acceptors (Lipinski definition) is 28. The molecule has 0 spiro atoms. The van der Waals surface area contributed by atoms with E-state index in [1.165, 1.54) is 69.8 Å². The number of fused-ring (bicyclic) bond motifs is 8. The monoisotopic (exact) mass is 2420 g/mol. The van der Waals surface area contributed by atoms with Crippen molar-refractivity contribution in [2.75, 3.05) is 47.8 Å². The number of nitriles is 2. The van der Waals surface area contributed by atoms with Gasteiger partial charge in [-0.2, -0.15) is 10.5 Å². The van der Waals surface area contributed by atoms with Crippen molar-refractivity contribution in [1.29, 1.82) is 10.5 Å². The number of anilines is 4. The Hall–Kier alpha value is -5.13. The summed E-state index contributed by atoms with van der Waals surface area (Å²) in [4.78, 5) is 93.1. The number of aromatic nitrogens is 20. The van der Waals surface area contributed by atoms with Crippen LogP contribution in [0, 0.1) is 29.6 Å². The molecular weight excluding hydrogens is 2350 g/mol. The van der Waals surface area contributed by atoms with E-state index in [2.05, 4.69) is 192 Å². The standard InChI is InChI=1S/C22H23N7O3S.C15H17N7O.2C15H15N7.S12.S11.S10/c1-14-3-5-16(6-4-14)33(31,32)29-10-8-17-21(24-13-25-22(17)29)27(2)15-7-9-28-12-18(20(23)30)26-19(28)11-15;1-21(15-10-2-4-17-14(10)18-8-19-15)9-3-5-22-7-11(13(16)23)20-12(22)6-9;2*1-21(15-12-2-4-17-14(12)18-9-19-15)11-3-5-22-8-10(7-16)20-13(22)6-11;1-3-5-7-9-11-12-10-8-6-4-2;1-3-5-7-9-11-10-8-6-4-2;1-3-5-7-9-10-8-6-4-2/h3-6,8,10,12-13,15H,7,9,11H2,1-2H3,(H2,23,30);2,4,7-9H,3,5-6H2,1H3,(H2,16,23)(H,17,18,19);2*2,4,8-9,11H,3,5-6H2,1H3,(H,17,18,19);;;/t;;11-;;;;/m..1..../s1. The first-order chi connectivity index (χ1) is 64.6. The first-order valence-electron chi connectivity index (χ1n) is 37.4. The average Bonchev–Trinajstić information content (AvgIpc) is 1.60. The number of aromatic amines is 3. The second kappa shape index (κ2) is 56.9. The SMILES string of the molecule is CN(c1ncnc2[nH]ccc12)C1CCn2cc(C#N)nc2C1.CN(c1ncnc2[nH]ccc12)C1CCn2cc(C(N)=O)nc2C1.CN(c1ncnc2[nH]ccc12)[C@@H]1CCn2cc(C#N)nc2C1.Cc1ccc(S(=O)(=O)n2ccc3c(N(C)C4CCn5cc(C(N)=O)nc5C4)ncnc32)cc1.S=S=S=S=S=S=S=S=S=S.S=S=S=S=S=S=S=S=S=S=S.S=S=S=S=S=S=S=S=S=S=S=S. The normalized spacial score (nSPS) is 14.3. The second-order valence-electron chi connectivity index (χ2n) is 26.9. The summed E-state index contributed by atoms with van der Waals surface area (Å²) in [7, 11) is 47.7. The van der Waals surface area contributed by atoms with Gasteiger partial charge in [0.25, 0.3) is 21.8 Å². The van der Waals surface area contributed by atoms with Gasteiger partial charge in [0.15, 0.2) is 17.0 Å². The highest BCUT2D eigenvalue weighted by molar-refractivity contribution is 8.76. The number of amides is 2. The highest BCUT2D eigenvalue weighted by atomic mass is 33.5. The Morgan fingerprint density at radius 3 is 0.985 bits per heavy atom. The molecular formula is C67H70N28O4S34. The zero-order valence-corrected chi connectivity index (χ0v) is 96.6. The predicted octanol–water partition coefficient (Wildman–Crippen LogP) is 5.30. The van der Waals surface area contributed by atoms with E-state index in [9.17, 15) is 18.0 Å². The van der Waals surface area contributed by atoms with Crippen LogP contribution >= 0.6 is 0 Å². The molecule has 0 saturated carbocycles. The average molecular weight is 2420 g/mol. The number of carbonyl (C=O) groups is 2. The number of H-pyrrole nitrogens is 3. The molecule has 4 aliphatic rings. The molecule has 0 aliphatic carbocycles. The quantitative estimate of drug-likeness (QED) is 0.103. The maximum Gasteiger partial charge on any atom is 0.269 e. The lowest BCUT2D eigenvalue weighted by atomic mass is 10.0. The van der Waals surface area contributed by atoms with Gasteiger partial charge in [0.1, 0.15) is 112 Å². The van der Waals surface area contributed by atoms with Crippen LogP contribution in [0.15, 0.2) is 128 Å². The fraction of sp³-hybridized carbons (Fsp3) is 0.313. The third kappa shape index (κ3) is 31.2. The summed E-state index contributed by atoms with van der Waals surface area (Å²) in [6, 6.07) is 19.6. The van der Waals surface area contributed by atoms with Gasteiger partial charge in [-0.15, -0.1) is 0 Å². The minimum absolute atomic E-state index is 0.0655. The summed E-state index contributed by atoms with van der Waals surface area (Å²) in [5.74, 6) is 5.98. The van der Waals surface area contributed by atoms with Gasteiger partial charge in [-0.3, -0.25) is 9.59 Å². The molecule has 133 heavy (non-hydrogen) atoms. The molecule has 13 aromatic rings. The fourth-order valence-electron chi connectivity index (χ4n) is 13.9. The number of nitrogens with one attached hydrogen (secondary N) is 3. The van der Waals surface area contributed by atoms with E-state index >= 15 is 0 Å². The number of imidazole rings is 4. The maximum absolute atomic E-state index is 13.2. The summed E-state index contributed by atoms with van der Waals surface area (Å²) >= 11 is 28.0. The van der Waals surface area contributed by atoms with Crippen molar-refractivity contribution in [3.05, 3.63) is 175 Å². The Balaban J connectivity index is 0.000000155. The minimum Gasteiger partial charge on any atom is -0.364 e. The van der Waals surface area contributed by atoms with E-state index in [0.717, 1.165) is 144 Å². The maximum atomic E-state index is 13.2. The largest absolute Gasteiger partial charge is 0.364 e. The molecule has 1 aromatic carbocycles. The van der Waals surface area contributed by atoms with Crippen LogP contribution in [-0.2, 0) is 369 Å². The predicted molar refractivity (Wildman–Crippen MR) is 613 cm³/mol. The van der Waals surface area contributed by atoms with Gasteiger partial charge in [0, 0.05) is 461 Å². The molecule has 706 valence electrons. The van der Waals surface area contributed by atoms with Gasteiger partial charge in [0.2, 0.25) is 0 Å². The zero-order valence-electron chi connectivity index (χ0n) is 68.8. The summed E-state index contributed by atoms with van der Waals surface area (Å²) in [5.41, 5.74) is 16.1. The van der Waals surface area contributed by atoms with Gasteiger partial charge < -0.3 is 64.3 Å². The Morgan fingerprint density at radius 2 is 0.684 bits per heavy atom. The van der Waals surface area contributed by atoms with E-state index in [1.807, 2.05) is 84.2 Å². The van der Waals surface area contributed by atoms with E-state index < -0.39 is 21.8 Å². The Bertz CT molecular complexity index is 7800. The van der Waals surface area contributed by atoms with Crippen molar-refractivity contribution in [2.24, 2.45) is 11.5 Å². The lowest BCUT2D eigenvalue weighted by Crippen LogP contribution is -2.38. The highest BCUT2D eigenvalue weighted by Crippen LogP contribution is 2.34. The lowest BCUT2D eigenvalue weighted by Gasteiger charge is -2.32. The number of rotatable bonds is 12. The number of nitrogens with zero attached hydrogens (tertiary/aromatic N) is 23. The third-order valence-corrected chi connectivity index (χ3v) is 74.9. The van der Waals surface area contributed by atoms with Crippen LogP contribution in [0.4, 0.5) is 23.3 Å². The van der Waals surface area contributed by atoms with Crippen molar-refractivity contribution < 1.29 is 18.0 Å². The molecule has 4 atom stereocenters. The number of aryl methyl sites for hydroxylation is 5. The first-order valence-corrected chi connectivity index (χ1v) is 78.9. The third-order valence-electron chi connectivity index (χ3n) is 19.9. The van der Waals surface area contributed by atoms with Crippen LogP contribution in [0.2, 0.25) is 0 Å². The molecule has 3 unspecified atom stereocenters. The molecule has 66 heteroatoms. The molecule has 16 heterocycles. The zero-order chi connectivity index (χ0) is 94.6. The Morgan fingerprint density at radius 1 is 0.398 bits per heavy atom. The molecule has 7 N–H and O–H groups in total. The summed E-state index contributed by atoms with van der Waals surface area (Å²) in [6.45, 7) is 5.16. The van der Waals surface area contributed by atoms with E-state index in [4.69, 9.17) is 22.0 Å². The van der Waals surface area contributed by atoms with Crippen LogP contribution in [0.1, 0.15) is 86.9 Å². The molecule has 2 amide bonds. The van der Waals surface area contributed by atoms with Gasteiger partial charge in [-0.25, -0.2) is 72.2 Å². The minimum atomic E-state index is -3.80. The van der Waals surface area contributed by atoms with Crippen LogP contribution < -0.4 is 31.1 Å². The molecule has 32 nitrogen and oxygen atoms in total. The molecule has 0 saturated heterocycles. The van der Waals surface area contributed by atoms with Crippen LogP contribution in [0.3, 0.4) is 0 Å². The number of primary amides is 2. The highest BCUT2D eigenvalue weighted by Gasteiger charge is 2.32. The van der Waals surface area contributed by atoms with Crippen molar-refractivity contribution >= 4 is 396 Å². The number of likely N-dealkylation sites (N-methyl/N-ethyl adjacent to an activating group) is 4. The van der Waals surface area contributed by atoms with E-state index in [-0.39, 0.29) is 22.7 Å². The van der Waals surface area contributed by atoms with E-state index in [0.29, 0.717) is 59.0 Å². The van der Waals surface area contributed by atoms with Gasteiger partial charge in [0.05, 0.1) is 26.4 Å². The Kier molecular flexibility index (Phi) is 46.4. The molecule has 4 aliphatic heterocycles. The van der Waals surface area contributed by atoms with Crippen molar-refractivity contribution in [3.8, 4) is 12.1 Å². The van der Waals surface area contributed by atoms with Crippen molar-refractivity contribution in [1.82, 2.24) is 97.0 Å². The summed E-state index contributed by atoms with van der Waals surface area (Å²) in [6.07, 6.45) is 27.1. The molecule has 12 aromatic heterocycles. The smallest absolute Gasteiger partial charge is 0.269 e. The molecule has 0 radical (unpaired) electrons. The topological polar surface area (TPSA) is 408 Å². The van der Waals surface area contributed by atoms with Crippen LogP contribution in [0.5, 0.6) is 0 Å². The van der Waals surface area contributed by atoms with Crippen LogP contribution in [-0.4, -0.2) is 170 Å². The molecule has 0 fully saturated rings. The van der Waals surface area contributed by atoms with Crippen molar-refractivity contribution in [3.63, 3.8) is 0 Å². The van der Waals surface area contributed by atoms with Crippen LogP contribution in [0.25, 0.3) is 44.1 Å². The Labute approximate surface area is 869 Å². The van der Waals surface area contributed by atoms with Gasteiger partial charge in [-0.1, -0.05) is 17.7 Å². The first kappa shape index (κ1) is 108. The van der Waals surface area contributed by atoms with E-state index in [1.54, 1.807) is 248 Å². The van der Waals surface area contributed by atoms with Crippen molar-refractivity contribution in [2.45, 2.75) is 114 Å². The summed E-state index contributed by atoms with van der Waals surface area (Å²) < 4.78 is 35.8. The molecule has 0 bridgehead atoms. The number of nitrogens with two attached hydrogens (primary N) is 2. The number of benzene rings is 1. The fourth-order valence-corrected chi connectivity index (χ4v) is 72.8. The number of carbonyl (C=O) groups excluding carboxylic acids is 2. The van der Waals surface area contributed by atoms with Gasteiger partial charge in [-0.05, 0) is 69.0 Å². The summed E-state index contributed by atoms with van der Waals surface area (Å²) in [5, 5.41) is 21.6. The number of hydrogen-bond donors (Lipinski definition) is 5. The van der Waals surface area contributed by atoms with Gasteiger partial charge >= 0.3 is 0 Å². The second-order valence-corrected chi connectivity index (χ2v) is 76.5. The molecule has 17 rings (SSSR count). The lowest BCUT2D eigenvalue weighted by molar-refractivity contribution is 0.0987.